The molecule has 1 saturated heterocycles. The Kier molecular flexibility index (Phi) is 3.16. The molecule has 94 valence electrons. The predicted octanol–water partition coefficient (Wildman–Crippen LogP) is 1.25. The van der Waals surface area contributed by atoms with E-state index in [2.05, 4.69) is 16.5 Å². The molecular weight excluding hydrogens is 214 g/mol. The van der Waals surface area contributed by atoms with E-state index in [0.717, 1.165) is 56.2 Å². The van der Waals surface area contributed by atoms with Crippen molar-refractivity contribution in [2.45, 2.75) is 44.8 Å². The number of rotatable bonds is 2. The minimum Gasteiger partial charge on any atom is -0.373 e. The molecule has 0 bridgehead atoms. The standard InChI is InChI=1S/C13H21N3O/c17-13-5-1-4-12-15-11(9-16(12)13)7-10-3-2-6-14-8-10/h9-10,13-14,17H,1-8H2. The molecule has 0 radical (unpaired) electrons. The highest BCUT2D eigenvalue weighted by Gasteiger charge is 2.21. The van der Waals surface area contributed by atoms with Crippen LogP contribution >= 0.6 is 0 Å². The van der Waals surface area contributed by atoms with Crippen LogP contribution in [-0.2, 0) is 12.8 Å². The zero-order chi connectivity index (χ0) is 11.7. The number of hydrogen-bond donors (Lipinski definition) is 2. The first-order valence-corrected chi connectivity index (χ1v) is 6.78. The van der Waals surface area contributed by atoms with Crippen LogP contribution in [0.1, 0.15) is 43.4 Å². The number of piperidine rings is 1. The Morgan fingerprint density at radius 2 is 2.35 bits per heavy atom. The van der Waals surface area contributed by atoms with Gasteiger partial charge in [0, 0.05) is 12.6 Å². The number of hydrogen-bond acceptors (Lipinski definition) is 3. The lowest BCUT2D eigenvalue weighted by atomic mass is 9.95. The lowest BCUT2D eigenvalue weighted by Crippen LogP contribution is -2.30. The summed E-state index contributed by atoms with van der Waals surface area (Å²) >= 11 is 0. The Bertz CT molecular complexity index is 382. The first-order valence-electron chi connectivity index (χ1n) is 6.78. The van der Waals surface area contributed by atoms with Crippen molar-refractivity contribution >= 4 is 0 Å². The van der Waals surface area contributed by atoms with Crippen LogP contribution in [0.25, 0.3) is 0 Å². The summed E-state index contributed by atoms with van der Waals surface area (Å²) < 4.78 is 1.97. The van der Waals surface area contributed by atoms with Gasteiger partial charge in [-0.05, 0) is 51.1 Å². The highest BCUT2D eigenvalue weighted by molar-refractivity contribution is 5.08. The average molecular weight is 235 g/mol. The van der Waals surface area contributed by atoms with E-state index in [-0.39, 0.29) is 6.23 Å². The quantitative estimate of drug-likeness (QED) is 0.811. The number of nitrogens with zero attached hydrogens (tertiary/aromatic N) is 2. The van der Waals surface area contributed by atoms with Gasteiger partial charge in [-0.1, -0.05) is 0 Å². The molecule has 4 heteroatoms. The smallest absolute Gasteiger partial charge is 0.131 e. The van der Waals surface area contributed by atoms with Gasteiger partial charge in [0.15, 0.2) is 0 Å². The third-order valence-electron chi connectivity index (χ3n) is 3.94. The zero-order valence-electron chi connectivity index (χ0n) is 10.2. The minimum absolute atomic E-state index is 0.343. The molecule has 17 heavy (non-hydrogen) atoms. The van der Waals surface area contributed by atoms with E-state index in [1.54, 1.807) is 0 Å². The summed E-state index contributed by atoms with van der Waals surface area (Å²) in [6, 6.07) is 0. The van der Waals surface area contributed by atoms with Crippen molar-refractivity contribution in [3.63, 3.8) is 0 Å². The maximum Gasteiger partial charge on any atom is 0.131 e. The Hall–Kier alpha value is -0.870. The average Bonchev–Trinajstić information content (AvgIpc) is 2.74. The van der Waals surface area contributed by atoms with Crippen molar-refractivity contribution in [2.24, 2.45) is 5.92 Å². The van der Waals surface area contributed by atoms with E-state index in [4.69, 9.17) is 0 Å². The maximum absolute atomic E-state index is 9.89. The molecule has 0 spiro atoms. The molecule has 0 aliphatic carbocycles. The molecule has 2 N–H and O–H groups in total. The van der Waals surface area contributed by atoms with Crippen LogP contribution in [0.5, 0.6) is 0 Å². The Morgan fingerprint density at radius 3 is 3.12 bits per heavy atom. The second-order valence-corrected chi connectivity index (χ2v) is 5.35. The maximum atomic E-state index is 9.89. The number of aromatic nitrogens is 2. The van der Waals surface area contributed by atoms with Crippen LogP contribution in [0.3, 0.4) is 0 Å². The molecule has 1 aromatic rings. The first kappa shape index (κ1) is 11.2. The molecule has 2 unspecified atom stereocenters. The second kappa shape index (κ2) is 4.78. The van der Waals surface area contributed by atoms with Gasteiger partial charge in [0.05, 0.1) is 5.69 Å². The summed E-state index contributed by atoms with van der Waals surface area (Å²) in [4.78, 5) is 4.67. The number of aliphatic hydroxyl groups excluding tert-OH is 1. The van der Waals surface area contributed by atoms with Crippen molar-refractivity contribution in [3.8, 4) is 0 Å². The Labute approximate surface area is 102 Å². The third-order valence-corrected chi connectivity index (χ3v) is 3.94. The summed E-state index contributed by atoms with van der Waals surface area (Å²) in [5.41, 5.74) is 1.16. The summed E-state index contributed by atoms with van der Waals surface area (Å²) in [6.45, 7) is 2.28. The van der Waals surface area contributed by atoms with Gasteiger partial charge in [0.25, 0.3) is 0 Å². The monoisotopic (exact) mass is 235 g/mol. The molecule has 4 nitrogen and oxygen atoms in total. The van der Waals surface area contributed by atoms with Gasteiger partial charge in [0.1, 0.15) is 12.1 Å². The van der Waals surface area contributed by atoms with Crippen molar-refractivity contribution in [3.05, 3.63) is 17.7 Å². The number of aliphatic hydroxyl groups is 1. The van der Waals surface area contributed by atoms with E-state index in [9.17, 15) is 5.11 Å². The first-order chi connectivity index (χ1) is 8.33. The van der Waals surface area contributed by atoms with Crippen molar-refractivity contribution in [1.29, 1.82) is 0 Å². The number of nitrogens with one attached hydrogen (secondary N) is 1. The molecule has 2 aliphatic rings. The molecule has 3 rings (SSSR count). The van der Waals surface area contributed by atoms with Crippen LogP contribution < -0.4 is 5.32 Å². The third kappa shape index (κ3) is 2.38. The molecule has 1 aromatic heterocycles. The van der Waals surface area contributed by atoms with Crippen molar-refractivity contribution in [1.82, 2.24) is 14.9 Å². The number of aryl methyl sites for hydroxylation is 1. The predicted molar refractivity (Wildman–Crippen MR) is 65.7 cm³/mol. The van der Waals surface area contributed by atoms with E-state index >= 15 is 0 Å². The van der Waals surface area contributed by atoms with Crippen LogP contribution in [0.15, 0.2) is 6.20 Å². The van der Waals surface area contributed by atoms with Crippen LogP contribution in [0, 0.1) is 5.92 Å². The van der Waals surface area contributed by atoms with Crippen molar-refractivity contribution < 1.29 is 5.11 Å². The molecule has 2 aliphatic heterocycles. The lowest BCUT2D eigenvalue weighted by Gasteiger charge is -2.21. The Morgan fingerprint density at radius 1 is 1.41 bits per heavy atom. The van der Waals surface area contributed by atoms with Crippen LogP contribution in [-0.4, -0.2) is 27.7 Å². The molecule has 0 aromatic carbocycles. The van der Waals surface area contributed by atoms with Gasteiger partial charge in [-0.3, -0.25) is 0 Å². The topological polar surface area (TPSA) is 50.1 Å². The number of fused-ring (bicyclic) bond motifs is 1. The summed E-state index contributed by atoms with van der Waals surface area (Å²) in [5, 5.41) is 13.3. The fraction of sp³-hybridized carbons (Fsp3) is 0.769. The summed E-state index contributed by atoms with van der Waals surface area (Å²) in [6.07, 6.45) is 8.30. The molecule has 1 fully saturated rings. The van der Waals surface area contributed by atoms with Crippen LogP contribution in [0.4, 0.5) is 0 Å². The molecule has 2 atom stereocenters. The highest BCUT2D eigenvalue weighted by Crippen LogP contribution is 2.24. The summed E-state index contributed by atoms with van der Waals surface area (Å²) in [7, 11) is 0. The molecular formula is C13H21N3O. The normalized spacial score (nSPS) is 29.0. The van der Waals surface area contributed by atoms with Gasteiger partial charge < -0.3 is 15.0 Å². The van der Waals surface area contributed by atoms with Gasteiger partial charge >= 0.3 is 0 Å². The van der Waals surface area contributed by atoms with Gasteiger partial charge in [-0.15, -0.1) is 0 Å². The fourth-order valence-corrected chi connectivity index (χ4v) is 3.00. The second-order valence-electron chi connectivity index (χ2n) is 5.35. The summed E-state index contributed by atoms with van der Waals surface area (Å²) in [5.74, 6) is 1.79. The minimum atomic E-state index is -0.343. The largest absolute Gasteiger partial charge is 0.373 e. The van der Waals surface area contributed by atoms with E-state index in [1.807, 2.05) is 4.57 Å². The molecule has 0 amide bonds. The van der Waals surface area contributed by atoms with E-state index < -0.39 is 0 Å². The number of imidazole rings is 1. The lowest BCUT2D eigenvalue weighted by molar-refractivity contribution is 0.0780. The highest BCUT2D eigenvalue weighted by atomic mass is 16.3. The van der Waals surface area contributed by atoms with Crippen molar-refractivity contribution in [2.75, 3.05) is 13.1 Å². The van der Waals surface area contributed by atoms with Gasteiger partial charge in [-0.25, -0.2) is 4.98 Å². The fourth-order valence-electron chi connectivity index (χ4n) is 3.00. The van der Waals surface area contributed by atoms with E-state index in [1.165, 1.54) is 12.8 Å². The van der Waals surface area contributed by atoms with Gasteiger partial charge in [0.2, 0.25) is 0 Å². The van der Waals surface area contributed by atoms with Crippen LogP contribution in [0.2, 0.25) is 0 Å². The zero-order valence-corrected chi connectivity index (χ0v) is 10.2. The molecule has 0 saturated carbocycles. The van der Waals surface area contributed by atoms with Gasteiger partial charge in [-0.2, -0.15) is 0 Å². The Balaban J connectivity index is 1.71. The van der Waals surface area contributed by atoms with E-state index in [0.29, 0.717) is 0 Å². The molecule has 3 heterocycles. The SMILES string of the molecule is OC1CCCc2nc(CC3CCCNC3)cn21.